The Labute approximate surface area is 114 Å². The molecule has 2 saturated heterocycles. The predicted molar refractivity (Wildman–Crippen MR) is 72.5 cm³/mol. The molecule has 106 valence electrons. The second kappa shape index (κ2) is 5.97. The van der Waals surface area contributed by atoms with E-state index in [1.807, 2.05) is 6.08 Å². The molecule has 3 rings (SSSR count). The highest BCUT2D eigenvalue weighted by Crippen LogP contribution is 2.29. The van der Waals surface area contributed by atoms with E-state index in [1.54, 1.807) is 0 Å². The lowest BCUT2D eigenvalue weighted by molar-refractivity contribution is 0.0483. The summed E-state index contributed by atoms with van der Waals surface area (Å²) in [5.41, 5.74) is 0. The number of aliphatic hydroxyl groups is 1. The van der Waals surface area contributed by atoms with Crippen LogP contribution in [0.2, 0.25) is 0 Å². The molecule has 2 fully saturated rings. The summed E-state index contributed by atoms with van der Waals surface area (Å²) < 4.78 is 11.1. The normalized spacial score (nSPS) is 28.8. The number of nitrogens with zero attached hydrogens (tertiary/aromatic N) is 1. The van der Waals surface area contributed by atoms with Crippen molar-refractivity contribution in [3.05, 3.63) is 23.7 Å². The van der Waals surface area contributed by atoms with Crippen LogP contribution in [0.3, 0.4) is 0 Å². The van der Waals surface area contributed by atoms with E-state index in [0.717, 1.165) is 30.9 Å². The lowest BCUT2D eigenvalue weighted by atomic mass is 9.91. The SMILES string of the molecule is O[C@@H](CCN1CCCC1)[C@H]1C=C2OCCOC2=CC1. The molecule has 0 aromatic rings. The molecule has 1 aliphatic carbocycles. The maximum absolute atomic E-state index is 10.3. The molecule has 2 heterocycles. The van der Waals surface area contributed by atoms with Crippen molar-refractivity contribution in [1.82, 2.24) is 4.90 Å². The van der Waals surface area contributed by atoms with E-state index >= 15 is 0 Å². The van der Waals surface area contributed by atoms with Crippen molar-refractivity contribution in [1.29, 1.82) is 0 Å². The highest BCUT2D eigenvalue weighted by Gasteiger charge is 2.26. The monoisotopic (exact) mass is 265 g/mol. The molecule has 0 bridgehead atoms. The Morgan fingerprint density at radius 1 is 1.21 bits per heavy atom. The average molecular weight is 265 g/mol. The van der Waals surface area contributed by atoms with Gasteiger partial charge in [0.05, 0.1) is 6.10 Å². The number of fused-ring (bicyclic) bond motifs is 1. The third-order valence-corrected chi connectivity index (χ3v) is 4.22. The zero-order valence-corrected chi connectivity index (χ0v) is 11.4. The Morgan fingerprint density at radius 2 is 1.95 bits per heavy atom. The minimum atomic E-state index is -0.281. The van der Waals surface area contributed by atoms with E-state index in [4.69, 9.17) is 9.47 Å². The topological polar surface area (TPSA) is 41.9 Å². The lowest BCUT2D eigenvalue weighted by Gasteiger charge is -2.29. The van der Waals surface area contributed by atoms with Gasteiger partial charge in [0.2, 0.25) is 0 Å². The molecule has 2 atom stereocenters. The van der Waals surface area contributed by atoms with E-state index in [0.29, 0.717) is 13.2 Å². The molecule has 0 saturated carbocycles. The van der Waals surface area contributed by atoms with Crippen LogP contribution in [0.4, 0.5) is 0 Å². The lowest BCUT2D eigenvalue weighted by Crippen LogP contribution is -2.29. The van der Waals surface area contributed by atoms with Crippen LogP contribution in [0.15, 0.2) is 23.7 Å². The quantitative estimate of drug-likeness (QED) is 0.839. The second-order valence-corrected chi connectivity index (χ2v) is 5.60. The maximum Gasteiger partial charge on any atom is 0.157 e. The summed E-state index contributed by atoms with van der Waals surface area (Å²) >= 11 is 0. The Balaban J connectivity index is 1.51. The number of likely N-dealkylation sites (tertiary alicyclic amines) is 1. The van der Waals surface area contributed by atoms with Gasteiger partial charge < -0.3 is 19.5 Å². The first-order chi connectivity index (χ1) is 9.33. The van der Waals surface area contributed by atoms with Crippen molar-refractivity contribution in [3.63, 3.8) is 0 Å². The first-order valence-electron chi connectivity index (χ1n) is 7.41. The van der Waals surface area contributed by atoms with Crippen LogP contribution in [0.1, 0.15) is 25.7 Å². The fourth-order valence-corrected chi connectivity index (χ4v) is 3.04. The molecule has 0 amide bonds. The molecule has 4 nitrogen and oxygen atoms in total. The van der Waals surface area contributed by atoms with Crippen molar-refractivity contribution < 1.29 is 14.6 Å². The van der Waals surface area contributed by atoms with Gasteiger partial charge in [-0.2, -0.15) is 0 Å². The number of hydrogen-bond donors (Lipinski definition) is 1. The molecule has 0 radical (unpaired) electrons. The summed E-state index contributed by atoms with van der Waals surface area (Å²) in [5, 5.41) is 10.3. The third-order valence-electron chi connectivity index (χ3n) is 4.22. The maximum atomic E-state index is 10.3. The average Bonchev–Trinajstić information content (AvgIpc) is 2.97. The van der Waals surface area contributed by atoms with Crippen molar-refractivity contribution in [2.45, 2.75) is 31.8 Å². The van der Waals surface area contributed by atoms with Gasteiger partial charge in [0.15, 0.2) is 11.5 Å². The highest BCUT2D eigenvalue weighted by molar-refractivity contribution is 5.27. The molecule has 1 N–H and O–H groups in total. The highest BCUT2D eigenvalue weighted by atomic mass is 16.6. The van der Waals surface area contributed by atoms with Crippen LogP contribution in [-0.2, 0) is 9.47 Å². The van der Waals surface area contributed by atoms with Gasteiger partial charge in [-0.3, -0.25) is 0 Å². The molecular weight excluding hydrogens is 242 g/mol. The number of rotatable bonds is 4. The van der Waals surface area contributed by atoms with E-state index < -0.39 is 0 Å². The van der Waals surface area contributed by atoms with Gasteiger partial charge in [0.1, 0.15) is 13.2 Å². The van der Waals surface area contributed by atoms with E-state index in [1.165, 1.54) is 25.9 Å². The van der Waals surface area contributed by atoms with Gasteiger partial charge >= 0.3 is 0 Å². The third kappa shape index (κ3) is 3.12. The van der Waals surface area contributed by atoms with Crippen molar-refractivity contribution in [3.8, 4) is 0 Å². The zero-order valence-electron chi connectivity index (χ0n) is 11.4. The summed E-state index contributed by atoms with van der Waals surface area (Å²) in [6.07, 6.45) is 8.13. The first-order valence-corrected chi connectivity index (χ1v) is 7.41. The Kier molecular flexibility index (Phi) is 4.09. The fourth-order valence-electron chi connectivity index (χ4n) is 3.04. The fraction of sp³-hybridized carbons (Fsp3) is 0.733. The van der Waals surface area contributed by atoms with Gasteiger partial charge in [0.25, 0.3) is 0 Å². The Bertz CT molecular complexity index is 372. The molecule has 0 aromatic heterocycles. The van der Waals surface area contributed by atoms with E-state index in [-0.39, 0.29) is 12.0 Å². The van der Waals surface area contributed by atoms with Gasteiger partial charge in [-0.15, -0.1) is 0 Å². The van der Waals surface area contributed by atoms with Gasteiger partial charge in [0, 0.05) is 12.5 Å². The van der Waals surface area contributed by atoms with Gasteiger partial charge in [-0.05, 0) is 50.9 Å². The number of allylic oxidation sites excluding steroid dienone is 1. The van der Waals surface area contributed by atoms with Crippen molar-refractivity contribution in [2.75, 3.05) is 32.8 Å². The molecule has 3 aliphatic rings. The van der Waals surface area contributed by atoms with Crippen LogP contribution in [0, 0.1) is 5.92 Å². The number of aliphatic hydroxyl groups excluding tert-OH is 1. The summed E-state index contributed by atoms with van der Waals surface area (Å²) in [7, 11) is 0. The second-order valence-electron chi connectivity index (χ2n) is 5.60. The molecule has 2 aliphatic heterocycles. The molecule has 0 unspecified atom stereocenters. The minimum Gasteiger partial charge on any atom is -0.486 e. The van der Waals surface area contributed by atoms with Crippen molar-refractivity contribution >= 4 is 0 Å². The predicted octanol–water partition coefficient (Wildman–Crippen LogP) is 1.67. The van der Waals surface area contributed by atoms with Gasteiger partial charge in [-0.1, -0.05) is 0 Å². The van der Waals surface area contributed by atoms with E-state index in [2.05, 4.69) is 11.0 Å². The number of hydrogen-bond acceptors (Lipinski definition) is 4. The molecular formula is C15H23NO3. The van der Waals surface area contributed by atoms with Crippen LogP contribution in [-0.4, -0.2) is 49.0 Å². The Hall–Kier alpha value is -1.00. The standard InChI is InChI=1S/C15H23NO3/c17-13(5-8-16-6-1-2-7-16)12-3-4-14-15(11-12)19-10-9-18-14/h4,11-13,17H,1-3,5-10H2/t12-,13+/m1/s1. The van der Waals surface area contributed by atoms with E-state index in [9.17, 15) is 5.11 Å². The van der Waals surface area contributed by atoms with Crippen LogP contribution in [0.25, 0.3) is 0 Å². The van der Waals surface area contributed by atoms with Crippen LogP contribution >= 0.6 is 0 Å². The summed E-state index contributed by atoms with van der Waals surface area (Å²) in [5.74, 6) is 1.85. The van der Waals surface area contributed by atoms with Crippen LogP contribution in [0.5, 0.6) is 0 Å². The van der Waals surface area contributed by atoms with Crippen molar-refractivity contribution in [2.24, 2.45) is 5.92 Å². The summed E-state index contributed by atoms with van der Waals surface area (Å²) in [6.45, 7) is 4.64. The summed E-state index contributed by atoms with van der Waals surface area (Å²) in [6, 6.07) is 0. The summed E-state index contributed by atoms with van der Waals surface area (Å²) in [4.78, 5) is 2.45. The minimum absolute atomic E-state index is 0.169. The van der Waals surface area contributed by atoms with Crippen LogP contribution < -0.4 is 0 Å². The Morgan fingerprint density at radius 3 is 2.74 bits per heavy atom. The molecule has 0 spiro atoms. The molecule has 19 heavy (non-hydrogen) atoms. The smallest absolute Gasteiger partial charge is 0.157 e. The first kappa shape index (κ1) is 13.0. The molecule has 0 aromatic carbocycles. The largest absolute Gasteiger partial charge is 0.486 e. The van der Waals surface area contributed by atoms with Gasteiger partial charge in [-0.25, -0.2) is 0 Å². The molecule has 4 heteroatoms. The number of ether oxygens (including phenoxy) is 2. The zero-order chi connectivity index (χ0) is 13.1.